The third kappa shape index (κ3) is 5.52. The Labute approximate surface area is 166 Å². The number of benzene rings is 2. The first-order valence-corrected chi connectivity index (χ1v) is 8.12. The molecule has 0 saturated heterocycles. The highest BCUT2D eigenvalue weighted by atomic mass is 127. The van der Waals surface area contributed by atoms with Gasteiger partial charge in [-0.1, -0.05) is 38.1 Å². The summed E-state index contributed by atoms with van der Waals surface area (Å²) < 4.78 is 5.03. The highest BCUT2D eigenvalue weighted by Crippen LogP contribution is 2.26. The number of aromatic hydroxyl groups is 1. The zero-order chi connectivity index (χ0) is 17.5. The Balaban J connectivity index is 0.00000312. The molecule has 0 saturated carbocycles. The number of aliphatic imine (C=N–C) groups is 1. The lowest BCUT2D eigenvalue weighted by atomic mass is 10.0. The maximum absolute atomic E-state index is 9.81. The minimum Gasteiger partial charge on any atom is -0.504 e. The van der Waals surface area contributed by atoms with Gasteiger partial charge in [0.05, 0.1) is 13.7 Å². The van der Waals surface area contributed by atoms with Crippen molar-refractivity contribution in [2.75, 3.05) is 12.4 Å². The molecule has 0 radical (unpaired) electrons. The molecule has 0 aliphatic heterocycles. The fourth-order valence-electron chi connectivity index (χ4n) is 2.58. The van der Waals surface area contributed by atoms with E-state index in [4.69, 9.17) is 10.5 Å². The summed E-state index contributed by atoms with van der Waals surface area (Å²) in [6.07, 6.45) is 1.85. The van der Waals surface area contributed by atoms with Crippen molar-refractivity contribution in [3.63, 3.8) is 0 Å². The maximum atomic E-state index is 9.81. The van der Waals surface area contributed by atoms with Crippen LogP contribution in [0.3, 0.4) is 0 Å². The molecular formula is C19H26IN3O2. The summed E-state index contributed by atoms with van der Waals surface area (Å²) in [6, 6.07) is 11.5. The van der Waals surface area contributed by atoms with E-state index in [1.165, 1.54) is 18.2 Å². The third-order valence-corrected chi connectivity index (χ3v) is 3.93. The van der Waals surface area contributed by atoms with Gasteiger partial charge in [-0.3, -0.25) is 0 Å². The van der Waals surface area contributed by atoms with Gasteiger partial charge in [0.25, 0.3) is 0 Å². The van der Waals surface area contributed by atoms with Crippen molar-refractivity contribution in [3.05, 3.63) is 53.1 Å². The number of aryl methyl sites for hydroxylation is 2. The Bertz CT molecular complexity index is 710. The molecular weight excluding hydrogens is 429 g/mol. The van der Waals surface area contributed by atoms with Crippen molar-refractivity contribution in [2.24, 2.45) is 10.7 Å². The normalized spacial score (nSPS) is 10.9. The number of nitrogens with one attached hydrogen (secondary N) is 1. The van der Waals surface area contributed by atoms with Gasteiger partial charge in [0.2, 0.25) is 0 Å². The van der Waals surface area contributed by atoms with Gasteiger partial charge >= 0.3 is 0 Å². The molecule has 5 nitrogen and oxygen atoms in total. The van der Waals surface area contributed by atoms with Gasteiger partial charge in [-0.25, -0.2) is 4.99 Å². The number of nitrogens with zero attached hydrogens (tertiary/aromatic N) is 1. The first-order valence-electron chi connectivity index (χ1n) is 8.12. The molecule has 0 aliphatic carbocycles. The minimum atomic E-state index is 0. The Hall–Kier alpha value is -1.96. The number of phenols is 1. The molecule has 0 aromatic heterocycles. The van der Waals surface area contributed by atoms with Crippen molar-refractivity contribution in [1.82, 2.24) is 0 Å². The highest BCUT2D eigenvalue weighted by molar-refractivity contribution is 14.0. The molecule has 0 heterocycles. The van der Waals surface area contributed by atoms with Crippen LogP contribution in [0.15, 0.2) is 41.4 Å². The van der Waals surface area contributed by atoms with Crippen LogP contribution in [0, 0.1) is 0 Å². The predicted octanol–water partition coefficient (Wildman–Crippen LogP) is 4.07. The molecule has 0 aliphatic rings. The van der Waals surface area contributed by atoms with E-state index in [1.807, 2.05) is 6.07 Å². The number of phenolic OH excluding ortho intramolecular Hbond substituents is 1. The number of anilines is 1. The second-order valence-corrected chi connectivity index (χ2v) is 5.49. The van der Waals surface area contributed by atoms with Crippen LogP contribution in [-0.2, 0) is 19.4 Å². The number of methoxy groups -OCH3 is 1. The van der Waals surface area contributed by atoms with Crippen LogP contribution < -0.4 is 15.8 Å². The predicted molar refractivity (Wildman–Crippen MR) is 114 cm³/mol. The topological polar surface area (TPSA) is 79.9 Å². The summed E-state index contributed by atoms with van der Waals surface area (Å²) in [6.45, 7) is 4.62. The van der Waals surface area contributed by atoms with Crippen LogP contribution in [0.5, 0.6) is 11.5 Å². The lowest BCUT2D eigenvalue weighted by molar-refractivity contribution is 0.373. The first kappa shape index (κ1) is 21.1. The van der Waals surface area contributed by atoms with Crippen LogP contribution in [0.1, 0.15) is 30.5 Å². The lowest BCUT2D eigenvalue weighted by Crippen LogP contribution is -2.24. The van der Waals surface area contributed by atoms with E-state index in [2.05, 4.69) is 42.4 Å². The van der Waals surface area contributed by atoms with Gasteiger partial charge in [-0.05, 0) is 41.7 Å². The summed E-state index contributed by atoms with van der Waals surface area (Å²) in [5, 5.41) is 13.0. The fraction of sp³-hybridized carbons (Fsp3) is 0.316. The molecule has 25 heavy (non-hydrogen) atoms. The average molecular weight is 455 g/mol. The highest BCUT2D eigenvalue weighted by Gasteiger charge is 2.07. The Kier molecular flexibility index (Phi) is 8.54. The third-order valence-electron chi connectivity index (χ3n) is 3.93. The number of para-hydroxylation sites is 1. The van der Waals surface area contributed by atoms with E-state index in [-0.39, 0.29) is 29.7 Å². The van der Waals surface area contributed by atoms with Gasteiger partial charge in [0.1, 0.15) is 0 Å². The van der Waals surface area contributed by atoms with Gasteiger partial charge in [-0.15, -0.1) is 24.0 Å². The van der Waals surface area contributed by atoms with E-state index in [0.29, 0.717) is 18.3 Å². The molecule has 0 bridgehead atoms. The molecule has 2 aromatic carbocycles. The number of guanidine groups is 1. The van der Waals surface area contributed by atoms with E-state index < -0.39 is 0 Å². The van der Waals surface area contributed by atoms with E-state index in [9.17, 15) is 5.11 Å². The van der Waals surface area contributed by atoms with Crippen LogP contribution in [0.4, 0.5) is 5.69 Å². The molecule has 0 fully saturated rings. The van der Waals surface area contributed by atoms with Gasteiger partial charge in [0, 0.05) is 5.69 Å². The van der Waals surface area contributed by atoms with Crippen molar-refractivity contribution in [2.45, 2.75) is 33.2 Å². The van der Waals surface area contributed by atoms with E-state index >= 15 is 0 Å². The van der Waals surface area contributed by atoms with Gasteiger partial charge in [-0.2, -0.15) is 0 Å². The van der Waals surface area contributed by atoms with Crippen LogP contribution in [0.2, 0.25) is 0 Å². The summed E-state index contributed by atoms with van der Waals surface area (Å²) in [4.78, 5) is 4.37. The molecule has 2 rings (SSSR count). The zero-order valence-corrected chi connectivity index (χ0v) is 17.2. The van der Waals surface area contributed by atoms with Crippen molar-refractivity contribution in [1.29, 1.82) is 0 Å². The van der Waals surface area contributed by atoms with Gasteiger partial charge < -0.3 is 20.9 Å². The number of rotatable bonds is 6. The molecule has 0 spiro atoms. The molecule has 4 N–H and O–H groups in total. The standard InChI is InChI=1S/C19H25N3O2.HI/c1-4-14-7-6-8-15(5-2)18(14)22-19(20)21-12-13-9-10-17(24-3)16(23)11-13;/h6-11,23H,4-5,12H2,1-3H3,(H3,20,21,22);1H. The number of hydrogen-bond acceptors (Lipinski definition) is 3. The smallest absolute Gasteiger partial charge is 0.193 e. The minimum absolute atomic E-state index is 0. The monoisotopic (exact) mass is 455 g/mol. The SMILES string of the molecule is CCc1cccc(CC)c1NC(N)=NCc1ccc(OC)c(O)c1.I. The molecule has 6 heteroatoms. The largest absolute Gasteiger partial charge is 0.504 e. The quantitative estimate of drug-likeness (QED) is 0.349. The maximum Gasteiger partial charge on any atom is 0.193 e. The molecule has 0 amide bonds. The van der Waals surface area contributed by atoms with Crippen molar-refractivity contribution in [3.8, 4) is 11.5 Å². The molecule has 136 valence electrons. The first-order chi connectivity index (χ1) is 11.6. The Morgan fingerprint density at radius 1 is 1.16 bits per heavy atom. The number of ether oxygens (including phenoxy) is 1. The Morgan fingerprint density at radius 2 is 1.80 bits per heavy atom. The van der Waals surface area contributed by atoms with Crippen LogP contribution in [-0.4, -0.2) is 18.2 Å². The second-order valence-electron chi connectivity index (χ2n) is 5.49. The summed E-state index contributed by atoms with van der Waals surface area (Å²) in [7, 11) is 1.52. The van der Waals surface area contributed by atoms with Gasteiger partial charge in [0.15, 0.2) is 17.5 Å². The summed E-state index contributed by atoms with van der Waals surface area (Å²) >= 11 is 0. The number of nitrogens with two attached hydrogens (primary N) is 1. The van der Waals surface area contributed by atoms with Crippen LogP contribution in [0.25, 0.3) is 0 Å². The molecule has 0 unspecified atom stereocenters. The average Bonchev–Trinajstić information content (AvgIpc) is 2.60. The van der Waals surface area contributed by atoms with E-state index in [1.54, 1.807) is 12.1 Å². The number of halogens is 1. The summed E-state index contributed by atoms with van der Waals surface area (Å²) in [5.41, 5.74) is 10.4. The van der Waals surface area contributed by atoms with Crippen LogP contribution >= 0.6 is 24.0 Å². The number of hydrogen-bond donors (Lipinski definition) is 3. The summed E-state index contributed by atoms with van der Waals surface area (Å²) in [5.74, 6) is 0.903. The lowest BCUT2D eigenvalue weighted by Gasteiger charge is -2.15. The van der Waals surface area contributed by atoms with Crippen molar-refractivity contribution < 1.29 is 9.84 Å². The molecule has 2 aromatic rings. The van der Waals surface area contributed by atoms with Crippen molar-refractivity contribution >= 4 is 35.6 Å². The second kappa shape index (κ2) is 10.1. The van der Waals surface area contributed by atoms with E-state index in [0.717, 1.165) is 24.1 Å². The molecule has 0 atom stereocenters. The zero-order valence-electron chi connectivity index (χ0n) is 14.9. The fourth-order valence-corrected chi connectivity index (χ4v) is 2.58. The Morgan fingerprint density at radius 3 is 2.32 bits per heavy atom.